The molecular formula is C12H18N2O2. The number of likely N-dealkylation sites (N-methyl/N-ethyl adjacent to an activating group) is 1. The molecule has 0 aromatic heterocycles. The third kappa shape index (κ3) is 4.91. The maximum absolute atomic E-state index is 11.6. The number of aliphatic hydroxyl groups is 1. The fourth-order valence-corrected chi connectivity index (χ4v) is 1.39. The summed E-state index contributed by atoms with van der Waals surface area (Å²) < 4.78 is 0. The molecule has 4 nitrogen and oxygen atoms in total. The molecule has 1 aromatic carbocycles. The SMILES string of the molecule is CN(CCCO)CC(=O)Nc1ccccc1. The number of amides is 1. The van der Waals surface area contributed by atoms with Crippen molar-refractivity contribution in [2.75, 3.05) is 32.1 Å². The molecule has 16 heavy (non-hydrogen) atoms. The van der Waals surface area contributed by atoms with Gasteiger partial charge in [0.1, 0.15) is 0 Å². The number of carbonyl (C=O) groups is 1. The third-order valence-corrected chi connectivity index (χ3v) is 2.17. The van der Waals surface area contributed by atoms with Gasteiger partial charge in [-0.15, -0.1) is 0 Å². The van der Waals surface area contributed by atoms with Crippen LogP contribution in [0.1, 0.15) is 6.42 Å². The van der Waals surface area contributed by atoms with Crippen LogP contribution < -0.4 is 5.32 Å². The van der Waals surface area contributed by atoms with Crippen molar-refractivity contribution >= 4 is 11.6 Å². The van der Waals surface area contributed by atoms with Crippen LogP contribution in [-0.2, 0) is 4.79 Å². The molecule has 0 heterocycles. The summed E-state index contributed by atoms with van der Waals surface area (Å²) in [5, 5.41) is 11.5. The van der Waals surface area contributed by atoms with Gasteiger partial charge in [-0.1, -0.05) is 18.2 Å². The highest BCUT2D eigenvalue weighted by Crippen LogP contribution is 2.04. The van der Waals surface area contributed by atoms with Crippen LogP contribution in [-0.4, -0.2) is 42.7 Å². The summed E-state index contributed by atoms with van der Waals surface area (Å²) in [6.07, 6.45) is 0.690. The van der Waals surface area contributed by atoms with Crippen LogP contribution >= 0.6 is 0 Å². The predicted molar refractivity (Wildman–Crippen MR) is 64.3 cm³/mol. The van der Waals surface area contributed by atoms with E-state index in [1.54, 1.807) is 0 Å². The molecule has 0 radical (unpaired) electrons. The first-order chi connectivity index (χ1) is 7.72. The highest BCUT2D eigenvalue weighted by Gasteiger charge is 2.05. The fraction of sp³-hybridized carbons (Fsp3) is 0.417. The quantitative estimate of drug-likeness (QED) is 0.753. The zero-order valence-electron chi connectivity index (χ0n) is 9.52. The van der Waals surface area contributed by atoms with Crippen molar-refractivity contribution in [3.05, 3.63) is 30.3 Å². The van der Waals surface area contributed by atoms with E-state index >= 15 is 0 Å². The predicted octanol–water partition coefficient (Wildman–Crippen LogP) is 0.939. The molecule has 1 rings (SSSR count). The smallest absolute Gasteiger partial charge is 0.238 e. The van der Waals surface area contributed by atoms with E-state index < -0.39 is 0 Å². The number of nitrogens with one attached hydrogen (secondary N) is 1. The molecule has 0 bridgehead atoms. The van der Waals surface area contributed by atoms with Crippen LogP contribution in [0.25, 0.3) is 0 Å². The third-order valence-electron chi connectivity index (χ3n) is 2.17. The molecular weight excluding hydrogens is 204 g/mol. The van der Waals surface area contributed by atoms with Crippen molar-refractivity contribution in [2.24, 2.45) is 0 Å². The summed E-state index contributed by atoms with van der Waals surface area (Å²) in [5.41, 5.74) is 0.808. The molecule has 0 aliphatic carbocycles. The molecule has 0 aliphatic heterocycles. The van der Waals surface area contributed by atoms with Gasteiger partial charge in [0.2, 0.25) is 5.91 Å². The minimum absolute atomic E-state index is 0.0355. The molecule has 0 fully saturated rings. The van der Waals surface area contributed by atoms with Crippen molar-refractivity contribution < 1.29 is 9.90 Å². The second kappa shape index (κ2) is 6.98. The van der Waals surface area contributed by atoms with Gasteiger partial charge in [-0.05, 0) is 25.6 Å². The number of hydrogen-bond donors (Lipinski definition) is 2. The number of rotatable bonds is 6. The molecule has 0 saturated carbocycles. The number of para-hydroxylation sites is 1. The molecule has 0 saturated heterocycles. The van der Waals surface area contributed by atoms with E-state index in [4.69, 9.17) is 5.11 Å². The van der Waals surface area contributed by atoms with Gasteiger partial charge in [0.05, 0.1) is 6.54 Å². The van der Waals surface area contributed by atoms with E-state index in [-0.39, 0.29) is 12.5 Å². The average molecular weight is 222 g/mol. The standard InChI is InChI=1S/C12H18N2O2/c1-14(8-5-9-15)10-12(16)13-11-6-3-2-4-7-11/h2-4,6-7,15H,5,8-10H2,1H3,(H,13,16). The summed E-state index contributed by atoms with van der Waals surface area (Å²) in [7, 11) is 1.86. The number of carbonyl (C=O) groups excluding carboxylic acids is 1. The second-order valence-corrected chi connectivity index (χ2v) is 3.73. The Hall–Kier alpha value is -1.39. The first-order valence-corrected chi connectivity index (χ1v) is 5.36. The Balaban J connectivity index is 2.31. The Morgan fingerprint density at radius 1 is 1.38 bits per heavy atom. The van der Waals surface area contributed by atoms with Gasteiger partial charge in [-0.25, -0.2) is 0 Å². The second-order valence-electron chi connectivity index (χ2n) is 3.73. The highest BCUT2D eigenvalue weighted by atomic mass is 16.3. The molecule has 0 atom stereocenters. The summed E-state index contributed by atoms with van der Waals surface area (Å²) >= 11 is 0. The number of hydrogen-bond acceptors (Lipinski definition) is 3. The van der Waals surface area contributed by atoms with Gasteiger partial charge < -0.3 is 10.4 Å². The molecule has 0 aliphatic rings. The normalized spacial score (nSPS) is 10.4. The lowest BCUT2D eigenvalue weighted by Crippen LogP contribution is -2.31. The summed E-state index contributed by atoms with van der Waals surface area (Å²) in [5.74, 6) is -0.0355. The van der Waals surface area contributed by atoms with E-state index in [2.05, 4.69) is 5.32 Å². The van der Waals surface area contributed by atoms with Gasteiger partial charge in [0.15, 0.2) is 0 Å². The molecule has 1 aromatic rings. The lowest BCUT2D eigenvalue weighted by atomic mass is 10.3. The zero-order chi connectivity index (χ0) is 11.8. The average Bonchev–Trinajstić information content (AvgIpc) is 2.27. The van der Waals surface area contributed by atoms with Gasteiger partial charge in [0.25, 0.3) is 0 Å². The largest absolute Gasteiger partial charge is 0.396 e. The summed E-state index contributed by atoms with van der Waals surface area (Å²) in [4.78, 5) is 13.5. The van der Waals surface area contributed by atoms with Gasteiger partial charge in [0, 0.05) is 18.8 Å². The monoisotopic (exact) mass is 222 g/mol. The van der Waals surface area contributed by atoms with E-state index in [9.17, 15) is 4.79 Å². The Labute approximate surface area is 95.9 Å². The molecule has 2 N–H and O–H groups in total. The fourth-order valence-electron chi connectivity index (χ4n) is 1.39. The van der Waals surface area contributed by atoms with Crippen LogP contribution in [0.3, 0.4) is 0 Å². The van der Waals surface area contributed by atoms with Crippen molar-refractivity contribution in [1.82, 2.24) is 4.90 Å². The Morgan fingerprint density at radius 2 is 2.06 bits per heavy atom. The lowest BCUT2D eigenvalue weighted by Gasteiger charge is -2.15. The molecule has 0 spiro atoms. The molecule has 0 unspecified atom stereocenters. The van der Waals surface area contributed by atoms with Crippen molar-refractivity contribution in [3.63, 3.8) is 0 Å². The van der Waals surface area contributed by atoms with Crippen molar-refractivity contribution in [3.8, 4) is 0 Å². The van der Waals surface area contributed by atoms with E-state index in [0.29, 0.717) is 13.0 Å². The Kier molecular flexibility index (Phi) is 5.53. The molecule has 1 amide bonds. The maximum Gasteiger partial charge on any atom is 0.238 e. The van der Waals surface area contributed by atoms with E-state index in [1.165, 1.54) is 0 Å². The maximum atomic E-state index is 11.6. The van der Waals surface area contributed by atoms with E-state index in [0.717, 1.165) is 12.2 Å². The number of anilines is 1. The van der Waals surface area contributed by atoms with Crippen molar-refractivity contribution in [2.45, 2.75) is 6.42 Å². The number of nitrogens with zero attached hydrogens (tertiary/aromatic N) is 1. The Morgan fingerprint density at radius 3 is 2.69 bits per heavy atom. The van der Waals surface area contributed by atoms with Gasteiger partial charge in [-0.2, -0.15) is 0 Å². The van der Waals surface area contributed by atoms with Gasteiger partial charge in [-0.3, -0.25) is 9.69 Å². The minimum Gasteiger partial charge on any atom is -0.396 e. The molecule has 4 heteroatoms. The molecule has 88 valence electrons. The topological polar surface area (TPSA) is 52.6 Å². The van der Waals surface area contributed by atoms with Crippen molar-refractivity contribution in [1.29, 1.82) is 0 Å². The minimum atomic E-state index is -0.0355. The van der Waals surface area contributed by atoms with Crippen LogP contribution in [0.15, 0.2) is 30.3 Å². The van der Waals surface area contributed by atoms with Crippen LogP contribution in [0.4, 0.5) is 5.69 Å². The van der Waals surface area contributed by atoms with Crippen LogP contribution in [0, 0.1) is 0 Å². The summed E-state index contributed by atoms with van der Waals surface area (Å²) in [6, 6.07) is 9.37. The van der Waals surface area contributed by atoms with Crippen LogP contribution in [0.5, 0.6) is 0 Å². The van der Waals surface area contributed by atoms with Crippen LogP contribution in [0.2, 0.25) is 0 Å². The Bertz CT molecular complexity index is 314. The number of aliphatic hydroxyl groups excluding tert-OH is 1. The first kappa shape index (κ1) is 12.7. The lowest BCUT2D eigenvalue weighted by molar-refractivity contribution is -0.117. The summed E-state index contributed by atoms with van der Waals surface area (Å²) in [6.45, 7) is 1.22. The first-order valence-electron chi connectivity index (χ1n) is 5.36. The zero-order valence-corrected chi connectivity index (χ0v) is 9.52. The highest BCUT2D eigenvalue weighted by molar-refractivity contribution is 5.92. The van der Waals surface area contributed by atoms with Gasteiger partial charge >= 0.3 is 0 Å². The van der Waals surface area contributed by atoms with E-state index in [1.807, 2.05) is 42.3 Å². The number of benzene rings is 1.